The van der Waals surface area contributed by atoms with Crippen LogP contribution in [-0.4, -0.2) is 21.3 Å². The van der Waals surface area contributed by atoms with Crippen LogP contribution >= 0.6 is 0 Å². The summed E-state index contributed by atoms with van der Waals surface area (Å²) in [6, 6.07) is 1.87. The number of carboxylic acid groups (broad SMARTS) is 1. The second-order valence-electron chi connectivity index (χ2n) is 3.91. The quantitative estimate of drug-likeness (QED) is 0.742. The van der Waals surface area contributed by atoms with Gasteiger partial charge in [-0.3, -0.25) is 9.89 Å². The third-order valence-electron chi connectivity index (χ3n) is 1.96. The lowest BCUT2D eigenvalue weighted by atomic mass is 9.88. The number of nitrogens with zero attached hydrogens (tertiary/aromatic N) is 1. The molecule has 0 bridgehead atoms. The molecule has 0 saturated heterocycles. The fourth-order valence-corrected chi connectivity index (χ4v) is 1.09. The van der Waals surface area contributed by atoms with Gasteiger partial charge in [0.15, 0.2) is 0 Å². The lowest BCUT2D eigenvalue weighted by Crippen LogP contribution is -2.26. The second kappa shape index (κ2) is 3.20. The molecular formula is C9H14N2O2. The molecule has 0 aliphatic carbocycles. The molecule has 0 unspecified atom stereocenters. The molecule has 0 saturated carbocycles. The van der Waals surface area contributed by atoms with Gasteiger partial charge >= 0.3 is 5.97 Å². The number of aliphatic carboxylic acids is 1. The van der Waals surface area contributed by atoms with Crippen LogP contribution in [0.25, 0.3) is 0 Å². The molecule has 1 heterocycles. The maximum Gasteiger partial charge on any atom is 0.309 e. The first-order valence-corrected chi connectivity index (χ1v) is 4.16. The number of aryl methyl sites for hydroxylation is 1. The fourth-order valence-electron chi connectivity index (χ4n) is 1.09. The number of H-pyrrole nitrogens is 1. The van der Waals surface area contributed by atoms with Crippen LogP contribution in [0.4, 0.5) is 0 Å². The van der Waals surface area contributed by atoms with Crippen LogP contribution in [0, 0.1) is 12.3 Å². The zero-order valence-corrected chi connectivity index (χ0v) is 8.09. The molecule has 0 amide bonds. The Labute approximate surface area is 77.0 Å². The minimum Gasteiger partial charge on any atom is -0.481 e. The molecule has 1 aromatic heterocycles. The summed E-state index contributed by atoms with van der Waals surface area (Å²) >= 11 is 0. The van der Waals surface area contributed by atoms with Crippen LogP contribution < -0.4 is 0 Å². The Morgan fingerprint density at radius 2 is 2.31 bits per heavy atom. The van der Waals surface area contributed by atoms with E-state index in [4.69, 9.17) is 5.11 Å². The number of aromatic amines is 1. The Bertz CT molecular complexity index is 315. The molecule has 4 nitrogen and oxygen atoms in total. The summed E-state index contributed by atoms with van der Waals surface area (Å²) in [5.41, 5.74) is 1.00. The zero-order chi connectivity index (χ0) is 10.1. The highest BCUT2D eigenvalue weighted by atomic mass is 16.4. The highest BCUT2D eigenvalue weighted by Crippen LogP contribution is 2.20. The van der Waals surface area contributed by atoms with Gasteiger partial charge < -0.3 is 5.11 Å². The lowest BCUT2D eigenvalue weighted by Gasteiger charge is -2.16. The van der Waals surface area contributed by atoms with Crippen LogP contribution in [0.1, 0.15) is 25.2 Å². The van der Waals surface area contributed by atoms with Gasteiger partial charge in [-0.25, -0.2) is 0 Å². The van der Waals surface area contributed by atoms with E-state index in [9.17, 15) is 4.79 Å². The highest BCUT2D eigenvalue weighted by Gasteiger charge is 2.28. The third-order valence-corrected chi connectivity index (χ3v) is 1.96. The van der Waals surface area contributed by atoms with Crippen molar-refractivity contribution in [3.05, 3.63) is 17.5 Å². The van der Waals surface area contributed by atoms with Crippen molar-refractivity contribution in [1.82, 2.24) is 10.2 Å². The van der Waals surface area contributed by atoms with Gasteiger partial charge in [-0.1, -0.05) is 0 Å². The number of carbonyl (C=O) groups is 1. The van der Waals surface area contributed by atoms with Crippen molar-refractivity contribution >= 4 is 5.97 Å². The minimum absolute atomic E-state index is 0.451. The van der Waals surface area contributed by atoms with Gasteiger partial charge in [0.05, 0.1) is 11.1 Å². The molecule has 0 aromatic carbocycles. The summed E-state index contributed by atoms with van der Waals surface area (Å²) in [4.78, 5) is 10.8. The summed E-state index contributed by atoms with van der Waals surface area (Å²) in [5.74, 6) is -0.798. The summed E-state index contributed by atoms with van der Waals surface area (Å²) in [6.45, 7) is 5.28. The van der Waals surface area contributed by atoms with Crippen molar-refractivity contribution in [3.63, 3.8) is 0 Å². The summed E-state index contributed by atoms with van der Waals surface area (Å²) < 4.78 is 0. The molecule has 0 aliphatic rings. The van der Waals surface area contributed by atoms with Gasteiger partial charge in [-0.15, -0.1) is 0 Å². The molecule has 1 aromatic rings. The monoisotopic (exact) mass is 182 g/mol. The topological polar surface area (TPSA) is 66.0 Å². The van der Waals surface area contributed by atoms with Crippen LogP contribution in [0.5, 0.6) is 0 Å². The summed E-state index contributed by atoms with van der Waals surface area (Å²) in [7, 11) is 0. The van der Waals surface area contributed by atoms with Crippen LogP contribution in [0.15, 0.2) is 6.07 Å². The maximum absolute atomic E-state index is 10.8. The molecule has 4 heteroatoms. The van der Waals surface area contributed by atoms with Crippen molar-refractivity contribution in [2.45, 2.75) is 27.2 Å². The van der Waals surface area contributed by atoms with Gasteiger partial charge in [0.25, 0.3) is 0 Å². The van der Waals surface area contributed by atoms with Crippen molar-refractivity contribution in [2.75, 3.05) is 0 Å². The van der Waals surface area contributed by atoms with E-state index in [1.165, 1.54) is 0 Å². The standard InChI is InChI=1S/C9H14N2O2/c1-6-4-7(11-10-6)5-9(2,3)8(12)13/h4H,5H2,1-3H3,(H,10,11)(H,12,13). The fraction of sp³-hybridized carbons (Fsp3) is 0.556. The van der Waals surface area contributed by atoms with Crippen molar-refractivity contribution < 1.29 is 9.90 Å². The molecule has 2 N–H and O–H groups in total. The number of carboxylic acids is 1. The Kier molecular flexibility index (Phi) is 2.40. The minimum atomic E-state index is -0.798. The van der Waals surface area contributed by atoms with Crippen molar-refractivity contribution in [1.29, 1.82) is 0 Å². The normalized spacial score (nSPS) is 11.6. The predicted molar refractivity (Wildman–Crippen MR) is 48.4 cm³/mol. The highest BCUT2D eigenvalue weighted by molar-refractivity contribution is 5.73. The zero-order valence-electron chi connectivity index (χ0n) is 8.09. The van der Waals surface area contributed by atoms with Gasteiger partial charge in [-0.05, 0) is 26.8 Å². The molecule has 0 atom stereocenters. The van der Waals surface area contributed by atoms with E-state index in [1.807, 2.05) is 13.0 Å². The smallest absolute Gasteiger partial charge is 0.309 e. The molecule has 0 fully saturated rings. The largest absolute Gasteiger partial charge is 0.481 e. The second-order valence-corrected chi connectivity index (χ2v) is 3.91. The molecule has 72 valence electrons. The third kappa shape index (κ3) is 2.31. The van der Waals surface area contributed by atoms with Crippen molar-refractivity contribution in [2.24, 2.45) is 5.41 Å². The molecule has 0 spiro atoms. The average molecular weight is 182 g/mol. The summed E-state index contributed by atoms with van der Waals surface area (Å²) in [5, 5.41) is 15.7. The molecule has 0 aliphatic heterocycles. The van der Waals surface area contributed by atoms with E-state index >= 15 is 0 Å². The molecule has 13 heavy (non-hydrogen) atoms. The molecule has 1 rings (SSSR count). The van der Waals surface area contributed by atoms with E-state index in [2.05, 4.69) is 10.2 Å². The van der Waals surface area contributed by atoms with Crippen LogP contribution in [0.3, 0.4) is 0 Å². The summed E-state index contributed by atoms with van der Waals surface area (Å²) in [6.07, 6.45) is 0.451. The first-order valence-electron chi connectivity index (χ1n) is 4.16. The van der Waals surface area contributed by atoms with Crippen molar-refractivity contribution in [3.8, 4) is 0 Å². The first-order chi connectivity index (χ1) is 5.92. The number of nitrogens with one attached hydrogen (secondary N) is 1. The lowest BCUT2D eigenvalue weighted by molar-refractivity contribution is -0.146. The van der Waals surface area contributed by atoms with E-state index in [1.54, 1.807) is 13.8 Å². The van der Waals surface area contributed by atoms with Gasteiger partial charge in [-0.2, -0.15) is 5.10 Å². The SMILES string of the molecule is Cc1cc(CC(C)(C)C(=O)O)n[nH]1. The maximum atomic E-state index is 10.8. The Hall–Kier alpha value is -1.32. The Morgan fingerprint density at radius 1 is 1.69 bits per heavy atom. The van der Waals surface area contributed by atoms with E-state index in [0.717, 1.165) is 11.4 Å². The number of hydrogen-bond donors (Lipinski definition) is 2. The number of aromatic nitrogens is 2. The average Bonchev–Trinajstić information content (AvgIpc) is 2.34. The Morgan fingerprint density at radius 3 is 2.69 bits per heavy atom. The van der Waals surface area contributed by atoms with E-state index in [-0.39, 0.29) is 0 Å². The van der Waals surface area contributed by atoms with Gasteiger partial charge in [0.2, 0.25) is 0 Å². The van der Waals surface area contributed by atoms with E-state index in [0.29, 0.717) is 6.42 Å². The number of rotatable bonds is 3. The molecular weight excluding hydrogens is 168 g/mol. The van der Waals surface area contributed by atoms with Crippen LogP contribution in [0.2, 0.25) is 0 Å². The van der Waals surface area contributed by atoms with Crippen LogP contribution in [-0.2, 0) is 11.2 Å². The first kappa shape index (κ1) is 9.77. The van der Waals surface area contributed by atoms with E-state index < -0.39 is 11.4 Å². The predicted octanol–water partition coefficient (Wildman–Crippen LogP) is 1.37. The Balaban J connectivity index is 2.74. The molecule has 0 radical (unpaired) electrons. The van der Waals surface area contributed by atoms with Gasteiger partial charge in [0.1, 0.15) is 0 Å². The van der Waals surface area contributed by atoms with Gasteiger partial charge in [0, 0.05) is 12.1 Å². The number of hydrogen-bond acceptors (Lipinski definition) is 2.